The monoisotopic (exact) mass is 222 g/mol. The molecule has 0 aromatic heterocycles. The van der Waals surface area contributed by atoms with Crippen molar-refractivity contribution in [1.29, 1.82) is 0 Å². The van der Waals surface area contributed by atoms with Crippen molar-refractivity contribution in [3.63, 3.8) is 0 Å². The summed E-state index contributed by atoms with van der Waals surface area (Å²) >= 11 is 1.95. The van der Waals surface area contributed by atoms with Gasteiger partial charge in [-0.2, -0.15) is 0 Å². The van der Waals surface area contributed by atoms with Gasteiger partial charge in [0.25, 0.3) is 0 Å². The van der Waals surface area contributed by atoms with E-state index in [-0.39, 0.29) is 0 Å². The molecule has 0 spiro atoms. The van der Waals surface area contributed by atoms with Crippen LogP contribution in [0.25, 0.3) is 0 Å². The molecule has 0 fully saturated rings. The van der Waals surface area contributed by atoms with Crippen molar-refractivity contribution < 1.29 is 0 Å². The highest BCUT2D eigenvalue weighted by atomic mass is 32.2. The summed E-state index contributed by atoms with van der Waals surface area (Å²) in [5.41, 5.74) is 2.97. The van der Waals surface area contributed by atoms with Crippen LogP contribution < -0.4 is 0 Å². The van der Waals surface area contributed by atoms with Gasteiger partial charge in [0, 0.05) is 10.1 Å². The number of hydrogen-bond acceptors (Lipinski definition) is 1. The Bertz CT molecular complexity index is 302. The smallest absolute Gasteiger partial charge is 0.00775 e. The maximum absolute atomic E-state index is 2.37. The summed E-state index contributed by atoms with van der Waals surface area (Å²) in [4.78, 5) is 1.42. The second-order valence-electron chi connectivity index (χ2n) is 4.36. The first kappa shape index (κ1) is 12.6. The van der Waals surface area contributed by atoms with Gasteiger partial charge in [-0.25, -0.2) is 0 Å². The van der Waals surface area contributed by atoms with Crippen molar-refractivity contribution in [3.05, 3.63) is 29.3 Å². The first-order valence-corrected chi connectivity index (χ1v) is 6.77. The molecule has 0 heterocycles. The van der Waals surface area contributed by atoms with Gasteiger partial charge in [-0.3, -0.25) is 0 Å². The molecule has 0 aliphatic rings. The summed E-state index contributed by atoms with van der Waals surface area (Å²) in [5.74, 6) is 0. The second kappa shape index (κ2) is 6.22. The Morgan fingerprint density at radius 2 is 2.00 bits per heavy atom. The summed E-state index contributed by atoms with van der Waals surface area (Å²) in [5, 5.41) is 0.673. The van der Waals surface area contributed by atoms with Crippen LogP contribution in [0, 0.1) is 6.92 Å². The molecule has 1 aromatic carbocycles. The maximum atomic E-state index is 2.37. The molecule has 0 aliphatic heterocycles. The molecule has 0 saturated heterocycles. The number of benzene rings is 1. The Kier molecular flexibility index (Phi) is 5.24. The first-order valence-electron chi connectivity index (χ1n) is 5.89. The number of rotatable bonds is 5. The zero-order valence-electron chi connectivity index (χ0n) is 10.3. The standard InChI is InChI=1S/C14H22S/c1-5-6-7-13-10-14(15-11(2)3)9-8-12(13)4/h8-11H,5-7H2,1-4H3. The van der Waals surface area contributed by atoms with Crippen LogP contribution in [0.2, 0.25) is 0 Å². The lowest BCUT2D eigenvalue weighted by molar-refractivity contribution is 0.789. The molecular formula is C14H22S. The van der Waals surface area contributed by atoms with E-state index in [1.54, 1.807) is 0 Å². The summed E-state index contributed by atoms with van der Waals surface area (Å²) in [7, 11) is 0. The lowest BCUT2D eigenvalue weighted by Gasteiger charge is -2.09. The van der Waals surface area contributed by atoms with Gasteiger partial charge in [-0.05, 0) is 43.0 Å². The van der Waals surface area contributed by atoms with Gasteiger partial charge in [0.05, 0.1) is 0 Å². The molecule has 0 aliphatic carbocycles. The van der Waals surface area contributed by atoms with Crippen LogP contribution >= 0.6 is 11.8 Å². The maximum Gasteiger partial charge on any atom is 0.00775 e. The lowest BCUT2D eigenvalue weighted by atomic mass is 10.0. The molecule has 0 saturated carbocycles. The van der Waals surface area contributed by atoms with Crippen LogP contribution in [0.15, 0.2) is 23.1 Å². The van der Waals surface area contributed by atoms with E-state index in [0.29, 0.717) is 5.25 Å². The number of hydrogen-bond donors (Lipinski definition) is 0. The van der Waals surface area contributed by atoms with Crippen LogP contribution in [-0.4, -0.2) is 5.25 Å². The quantitative estimate of drug-likeness (QED) is 0.642. The highest BCUT2D eigenvalue weighted by Crippen LogP contribution is 2.25. The van der Waals surface area contributed by atoms with Gasteiger partial charge in [-0.15, -0.1) is 11.8 Å². The van der Waals surface area contributed by atoms with E-state index in [4.69, 9.17) is 0 Å². The summed E-state index contributed by atoms with van der Waals surface area (Å²) in [6.45, 7) is 8.96. The summed E-state index contributed by atoms with van der Waals surface area (Å²) < 4.78 is 0. The first-order chi connectivity index (χ1) is 7.13. The van der Waals surface area contributed by atoms with E-state index in [1.165, 1.54) is 35.3 Å². The molecule has 0 radical (unpaired) electrons. The predicted molar refractivity (Wildman–Crippen MR) is 70.8 cm³/mol. The summed E-state index contributed by atoms with van der Waals surface area (Å²) in [6, 6.07) is 6.88. The van der Waals surface area contributed by atoms with E-state index < -0.39 is 0 Å². The van der Waals surface area contributed by atoms with E-state index in [2.05, 4.69) is 45.9 Å². The van der Waals surface area contributed by atoms with Crippen molar-refractivity contribution >= 4 is 11.8 Å². The average Bonchev–Trinajstić information content (AvgIpc) is 2.18. The van der Waals surface area contributed by atoms with Gasteiger partial charge in [-0.1, -0.05) is 33.3 Å². The minimum atomic E-state index is 0.673. The van der Waals surface area contributed by atoms with E-state index in [9.17, 15) is 0 Å². The molecule has 84 valence electrons. The second-order valence-corrected chi connectivity index (χ2v) is 6.01. The van der Waals surface area contributed by atoms with Crippen LogP contribution in [0.1, 0.15) is 44.7 Å². The Morgan fingerprint density at radius 3 is 2.60 bits per heavy atom. The van der Waals surface area contributed by atoms with Crippen molar-refractivity contribution in [2.75, 3.05) is 0 Å². The number of aryl methyl sites for hydroxylation is 2. The molecule has 1 aromatic rings. The minimum Gasteiger partial charge on any atom is -0.123 e. The molecular weight excluding hydrogens is 200 g/mol. The molecule has 1 rings (SSSR count). The Morgan fingerprint density at radius 1 is 1.27 bits per heavy atom. The molecule has 0 amide bonds. The van der Waals surface area contributed by atoms with Crippen molar-refractivity contribution in [3.8, 4) is 0 Å². The minimum absolute atomic E-state index is 0.673. The molecule has 0 atom stereocenters. The Balaban J connectivity index is 2.75. The molecule has 0 bridgehead atoms. The topological polar surface area (TPSA) is 0 Å². The molecule has 0 unspecified atom stereocenters. The van der Waals surface area contributed by atoms with Crippen molar-refractivity contribution in [1.82, 2.24) is 0 Å². The third-order valence-electron chi connectivity index (χ3n) is 2.49. The van der Waals surface area contributed by atoms with Crippen LogP contribution in [0.5, 0.6) is 0 Å². The fourth-order valence-corrected chi connectivity index (χ4v) is 2.53. The highest BCUT2D eigenvalue weighted by molar-refractivity contribution is 7.99. The fourth-order valence-electron chi connectivity index (χ4n) is 1.63. The Hall–Kier alpha value is -0.430. The van der Waals surface area contributed by atoms with Crippen LogP contribution in [0.4, 0.5) is 0 Å². The van der Waals surface area contributed by atoms with Gasteiger partial charge in [0.2, 0.25) is 0 Å². The Labute approximate surface area is 98.5 Å². The number of unbranched alkanes of at least 4 members (excludes halogenated alkanes) is 1. The largest absolute Gasteiger partial charge is 0.123 e. The SMILES string of the molecule is CCCCc1cc(SC(C)C)ccc1C. The van der Waals surface area contributed by atoms with Crippen LogP contribution in [0.3, 0.4) is 0 Å². The molecule has 0 N–H and O–H groups in total. The van der Waals surface area contributed by atoms with Gasteiger partial charge in [0.15, 0.2) is 0 Å². The van der Waals surface area contributed by atoms with Crippen molar-refractivity contribution in [2.24, 2.45) is 0 Å². The van der Waals surface area contributed by atoms with E-state index in [1.807, 2.05) is 11.8 Å². The van der Waals surface area contributed by atoms with E-state index in [0.717, 1.165) is 0 Å². The zero-order valence-corrected chi connectivity index (χ0v) is 11.2. The van der Waals surface area contributed by atoms with Crippen molar-refractivity contribution in [2.45, 2.75) is 57.1 Å². The molecule has 1 heteroatoms. The van der Waals surface area contributed by atoms with Gasteiger partial charge >= 0.3 is 0 Å². The lowest BCUT2D eigenvalue weighted by Crippen LogP contribution is -1.92. The summed E-state index contributed by atoms with van der Waals surface area (Å²) in [6.07, 6.45) is 3.81. The fraction of sp³-hybridized carbons (Fsp3) is 0.571. The van der Waals surface area contributed by atoms with Gasteiger partial charge < -0.3 is 0 Å². The van der Waals surface area contributed by atoms with Gasteiger partial charge in [0.1, 0.15) is 0 Å². The predicted octanol–water partition coefficient (Wildman–Crippen LogP) is 4.84. The third kappa shape index (κ3) is 4.29. The highest BCUT2D eigenvalue weighted by Gasteiger charge is 2.02. The molecule has 0 nitrogen and oxygen atoms in total. The molecule has 15 heavy (non-hydrogen) atoms. The average molecular weight is 222 g/mol. The third-order valence-corrected chi connectivity index (χ3v) is 3.49. The zero-order chi connectivity index (χ0) is 11.3. The number of thioether (sulfide) groups is 1. The van der Waals surface area contributed by atoms with E-state index >= 15 is 0 Å². The van der Waals surface area contributed by atoms with Crippen LogP contribution in [-0.2, 0) is 6.42 Å². The normalized spacial score (nSPS) is 11.0.